The van der Waals surface area contributed by atoms with Crippen molar-refractivity contribution in [1.29, 1.82) is 0 Å². The molecule has 19 heavy (non-hydrogen) atoms. The molecule has 2 aromatic carbocycles. The number of rotatable bonds is 4. The molecule has 2 rings (SSSR count). The normalized spacial score (nSPS) is 10.5. The van der Waals surface area contributed by atoms with Crippen LogP contribution in [0.1, 0.15) is 11.1 Å². The van der Waals surface area contributed by atoms with E-state index in [9.17, 15) is 9.50 Å². The molecule has 0 atom stereocenters. The summed E-state index contributed by atoms with van der Waals surface area (Å²) in [5.41, 5.74) is 1.23. The van der Waals surface area contributed by atoms with Gasteiger partial charge in [-0.2, -0.15) is 0 Å². The highest BCUT2D eigenvalue weighted by atomic mass is 35.5. The van der Waals surface area contributed by atoms with Gasteiger partial charge < -0.3 is 9.84 Å². The number of halogens is 3. The van der Waals surface area contributed by atoms with Crippen molar-refractivity contribution in [3.05, 3.63) is 63.4 Å². The van der Waals surface area contributed by atoms with Crippen LogP contribution in [0, 0.1) is 5.82 Å². The van der Waals surface area contributed by atoms with E-state index in [-0.39, 0.29) is 18.2 Å². The van der Waals surface area contributed by atoms with E-state index in [2.05, 4.69) is 0 Å². The van der Waals surface area contributed by atoms with Crippen LogP contribution in [0.15, 0.2) is 36.4 Å². The molecule has 0 aromatic heterocycles. The van der Waals surface area contributed by atoms with E-state index in [1.807, 2.05) is 0 Å². The third-order valence-corrected chi connectivity index (χ3v) is 3.26. The zero-order valence-electron chi connectivity index (χ0n) is 9.87. The van der Waals surface area contributed by atoms with Crippen LogP contribution in [-0.2, 0) is 13.2 Å². The Kier molecular flexibility index (Phi) is 4.64. The van der Waals surface area contributed by atoms with Crippen LogP contribution < -0.4 is 4.74 Å². The molecule has 0 heterocycles. The van der Waals surface area contributed by atoms with E-state index in [0.29, 0.717) is 21.9 Å². The first-order valence-corrected chi connectivity index (χ1v) is 6.32. The van der Waals surface area contributed by atoms with E-state index < -0.39 is 5.82 Å². The lowest BCUT2D eigenvalue weighted by atomic mass is 10.2. The van der Waals surface area contributed by atoms with E-state index in [1.165, 1.54) is 12.1 Å². The van der Waals surface area contributed by atoms with Crippen molar-refractivity contribution in [2.45, 2.75) is 13.2 Å². The maximum atomic E-state index is 12.9. The Balaban J connectivity index is 2.19. The third-order valence-electron chi connectivity index (χ3n) is 2.61. The van der Waals surface area contributed by atoms with Crippen LogP contribution >= 0.6 is 23.2 Å². The summed E-state index contributed by atoms with van der Waals surface area (Å²) in [5.74, 6) is 0.00889. The van der Waals surface area contributed by atoms with E-state index in [1.54, 1.807) is 24.3 Å². The highest BCUT2D eigenvalue weighted by molar-refractivity contribution is 6.32. The van der Waals surface area contributed by atoms with Gasteiger partial charge in [0, 0.05) is 11.1 Å². The van der Waals surface area contributed by atoms with Gasteiger partial charge in [-0.1, -0.05) is 41.4 Å². The van der Waals surface area contributed by atoms with Gasteiger partial charge >= 0.3 is 0 Å². The fourth-order valence-corrected chi connectivity index (χ4v) is 2.10. The first kappa shape index (κ1) is 14.1. The van der Waals surface area contributed by atoms with Crippen LogP contribution in [0.25, 0.3) is 0 Å². The lowest BCUT2D eigenvalue weighted by Crippen LogP contribution is -2.00. The molecule has 0 unspecified atom stereocenters. The zero-order valence-corrected chi connectivity index (χ0v) is 11.4. The number of para-hydroxylation sites is 1. The van der Waals surface area contributed by atoms with Gasteiger partial charge in [-0.25, -0.2) is 4.39 Å². The van der Waals surface area contributed by atoms with Gasteiger partial charge in [-0.3, -0.25) is 0 Å². The van der Waals surface area contributed by atoms with E-state index >= 15 is 0 Å². The van der Waals surface area contributed by atoms with Gasteiger partial charge in [0.2, 0.25) is 0 Å². The summed E-state index contributed by atoms with van der Waals surface area (Å²) in [6.07, 6.45) is 0. The molecular formula is C14H11Cl2FO2. The van der Waals surface area contributed by atoms with Gasteiger partial charge in [0.25, 0.3) is 0 Å². The third kappa shape index (κ3) is 3.38. The van der Waals surface area contributed by atoms with Gasteiger partial charge in [0.1, 0.15) is 18.2 Å². The summed E-state index contributed by atoms with van der Waals surface area (Å²) in [7, 11) is 0. The lowest BCUT2D eigenvalue weighted by Gasteiger charge is -2.12. The molecule has 0 spiro atoms. The summed E-state index contributed by atoms with van der Waals surface area (Å²) < 4.78 is 18.5. The number of aliphatic hydroxyl groups is 1. The van der Waals surface area contributed by atoms with E-state index in [4.69, 9.17) is 27.9 Å². The van der Waals surface area contributed by atoms with Gasteiger partial charge in [-0.15, -0.1) is 0 Å². The predicted octanol–water partition coefficient (Wildman–Crippen LogP) is 4.20. The standard InChI is InChI=1S/C14H11Cl2FO2/c15-12-3-1-2-9(7-18)14(12)19-8-10-4-5-11(17)6-13(10)16/h1-6,18H,7-8H2. The first-order chi connectivity index (χ1) is 9.11. The Morgan fingerprint density at radius 2 is 1.84 bits per heavy atom. The molecule has 100 valence electrons. The zero-order chi connectivity index (χ0) is 13.8. The molecule has 0 radical (unpaired) electrons. The number of hydrogen-bond acceptors (Lipinski definition) is 2. The summed E-state index contributed by atoms with van der Waals surface area (Å²) in [5, 5.41) is 9.91. The smallest absolute Gasteiger partial charge is 0.143 e. The molecule has 0 aliphatic rings. The Bertz CT molecular complexity index is 588. The first-order valence-electron chi connectivity index (χ1n) is 5.57. The summed E-state index contributed by atoms with van der Waals surface area (Å²) in [6, 6.07) is 9.19. The summed E-state index contributed by atoms with van der Waals surface area (Å²) in [6.45, 7) is -0.0249. The molecule has 1 N–H and O–H groups in total. The minimum atomic E-state index is -0.400. The second-order valence-corrected chi connectivity index (χ2v) is 4.73. The molecule has 2 nitrogen and oxygen atoms in total. The highest BCUT2D eigenvalue weighted by Gasteiger charge is 2.09. The number of benzene rings is 2. The van der Waals surface area contributed by atoms with Crippen LogP contribution in [-0.4, -0.2) is 5.11 Å². The molecule has 0 bridgehead atoms. The molecule has 0 fully saturated rings. The monoisotopic (exact) mass is 300 g/mol. The van der Waals surface area contributed by atoms with E-state index in [0.717, 1.165) is 0 Å². The summed E-state index contributed by atoms with van der Waals surface area (Å²) >= 11 is 11.9. The SMILES string of the molecule is OCc1cccc(Cl)c1OCc1ccc(F)cc1Cl. The quantitative estimate of drug-likeness (QED) is 0.917. The lowest BCUT2D eigenvalue weighted by molar-refractivity contribution is 0.259. The van der Waals surface area contributed by atoms with Gasteiger partial charge in [-0.05, 0) is 18.2 Å². The molecule has 5 heteroatoms. The molecule has 0 saturated carbocycles. The fraction of sp³-hybridized carbons (Fsp3) is 0.143. The van der Waals surface area contributed by atoms with Crippen LogP contribution in [0.5, 0.6) is 5.75 Å². The fourth-order valence-electron chi connectivity index (χ4n) is 1.63. The second-order valence-electron chi connectivity index (χ2n) is 3.91. The Morgan fingerprint density at radius 1 is 1.05 bits per heavy atom. The molecule has 0 aliphatic heterocycles. The topological polar surface area (TPSA) is 29.5 Å². The number of ether oxygens (including phenoxy) is 1. The van der Waals surface area contributed by atoms with Crippen LogP contribution in [0.2, 0.25) is 10.0 Å². The molecule has 0 aliphatic carbocycles. The van der Waals surface area contributed by atoms with Gasteiger partial charge in [0.15, 0.2) is 0 Å². The highest BCUT2D eigenvalue weighted by Crippen LogP contribution is 2.30. The number of aliphatic hydroxyl groups excluding tert-OH is 1. The van der Waals surface area contributed by atoms with Crippen LogP contribution in [0.3, 0.4) is 0 Å². The number of hydrogen-bond donors (Lipinski definition) is 1. The predicted molar refractivity (Wildman–Crippen MR) is 73.1 cm³/mol. The minimum Gasteiger partial charge on any atom is -0.487 e. The minimum absolute atomic E-state index is 0.149. The Labute approximate surface area is 120 Å². The maximum absolute atomic E-state index is 12.9. The van der Waals surface area contributed by atoms with Crippen molar-refractivity contribution in [3.63, 3.8) is 0 Å². The largest absolute Gasteiger partial charge is 0.487 e. The van der Waals surface area contributed by atoms with Crippen molar-refractivity contribution in [3.8, 4) is 5.75 Å². The molecule has 2 aromatic rings. The van der Waals surface area contributed by atoms with Crippen molar-refractivity contribution < 1.29 is 14.2 Å². The van der Waals surface area contributed by atoms with Crippen molar-refractivity contribution in [2.75, 3.05) is 0 Å². The second kappa shape index (κ2) is 6.24. The Hall–Kier alpha value is -1.29. The maximum Gasteiger partial charge on any atom is 0.143 e. The van der Waals surface area contributed by atoms with Crippen LogP contribution in [0.4, 0.5) is 4.39 Å². The average Bonchev–Trinajstić information content (AvgIpc) is 2.39. The molecular weight excluding hydrogens is 290 g/mol. The average molecular weight is 301 g/mol. The van der Waals surface area contributed by atoms with Crippen molar-refractivity contribution >= 4 is 23.2 Å². The Morgan fingerprint density at radius 3 is 2.53 bits per heavy atom. The molecule has 0 amide bonds. The van der Waals surface area contributed by atoms with Gasteiger partial charge in [0.05, 0.1) is 16.7 Å². The van der Waals surface area contributed by atoms with Crippen molar-refractivity contribution in [1.82, 2.24) is 0 Å². The van der Waals surface area contributed by atoms with Crippen molar-refractivity contribution in [2.24, 2.45) is 0 Å². The molecule has 0 saturated heterocycles. The summed E-state index contributed by atoms with van der Waals surface area (Å²) in [4.78, 5) is 0.